The van der Waals surface area contributed by atoms with Crippen molar-refractivity contribution in [1.29, 1.82) is 0 Å². The highest BCUT2D eigenvalue weighted by Crippen LogP contribution is 2.39. The van der Waals surface area contributed by atoms with Crippen molar-refractivity contribution in [3.05, 3.63) is 21.7 Å². The van der Waals surface area contributed by atoms with E-state index in [0.717, 1.165) is 27.1 Å². The van der Waals surface area contributed by atoms with E-state index in [1.807, 2.05) is 13.0 Å². The molecule has 0 spiro atoms. The van der Waals surface area contributed by atoms with Crippen molar-refractivity contribution in [2.45, 2.75) is 13.3 Å². The van der Waals surface area contributed by atoms with Crippen LogP contribution in [0, 0.1) is 6.92 Å². The third-order valence-electron chi connectivity index (χ3n) is 2.62. The van der Waals surface area contributed by atoms with E-state index < -0.39 is 0 Å². The largest absolute Gasteiger partial charge is 0.486 e. The maximum absolute atomic E-state index is 5.65. The Hall–Kier alpha value is -0.780. The molecule has 1 heterocycles. The Kier molecular flexibility index (Phi) is 3.68. The van der Waals surface area contributed by atoms with Crippen LogP contribution in [0.3, 0.4) is 0 Å². The maximum Gasteiger partial charge on any atom is 0.164 e. The molecule has 1 aliphatic rings. The molecule has 5 heteroatoms. The van der Waals surface area contributed by atoms with E-state index >= 15 is 0 Å². The summed E-state index contributed by atoms with van der Waals surface area (Å²) < 4.78 is 12.2. The van der Waals surface area contributed by atoms with E-state index in [-0.39, 0.29) is 0 Å². The predicted molar refractivity (Wildman–Crippen MR) is 63.7 cm³/mol. The van der Waals surface area contributed by atoms with Gasteiger partial charge in [0, 0.05) is 16.5 Å². The van der Waals surface area contributed by atoms with Gasteiger partial charge in [0.1, 0.15) is 13.2 Å². The van der Waals surface area contributed by atoms with E-state index in [0.29, 0.717) is 26.2 Å². The first-order valence-corrected chi connectivity index (χ1v) is 5.92. The fourth-order valence-corrected chi connectivity index (χ4v) is 2.22. The number of hydrogen-bond acceptors (Lipinski definition) is 4. The van der Waals surface area contributed by atoms with Crippen molar-refractivity contribution in [3.8, 4) is 11.5 Å². The van der Waals surface area contributed by atoms with Gasteiger partial charge in [0.05, 0.1) is 6.61 Å². The number of ether oxygens (including phenoxy) is 2. The summed E-state index contributed by atoms with van der Waals surface area (Å²) in [5.41, 5.74) is 2.23. The molecular formula is C11H14BrNO3. The lowest BCUT2D eigenvalue weighted by atomic mass is 10.0. The molecule has 88 valence electrons. The maximum atomic E-state index is 5.65. The van der Waals surface area contributed by atoms with Gasteiger partial charge in [-0.25, -0.2) is 5.90 Å². The van der Waals surface area contributed by atoms with E-state index in [1.165, 1.54) is 0 Å². The minimum absolute atomic E-state index is 0.465. The summed E-state index contributed by atoms with van der Waals surface area (Å²) in [4.78, 5) is 4.62. The molecule has 0 fully saturated rings. The van der Waals surface area contributed by atoms with Crippen molar-refractivity contribution in [1.82, 2.24) is 0 Å². The van der Waals surface area contributed by atoms with Gasteiger partial charge in [-0.1, -0.05) is 15.9 Å². The van der Waals surface area contributed by atoms with Crippen LogP contribution in [0.15, 0.2) is 10.5 Å². The summed E-state index contributed by atoms with van der Waals surface area (Å²) >= 11 is 3.51. The number of nitrogens with two attached hydrogens (primary N) is 1. The molecule has 2 N–H and O–H groups in total. The summed E-state index contributed by atoms with van der Waals surface area (Å²) in [6.45, 7) is 3.68. The number of halogens is 1. The molecule has 0 saturated carbocycles. The Morgan fingerprint density at radius 3 is 2.94 bits per heavy atom. The van der Waals surface area contributed by atoms with Gasteiger partial charge in [-0.3, -0.25) is 0 Å². The summed E-state index contributed by atoms with van der Waals surface area (Å²) in [5.74, 6) is 6.67. The van der Waals surface area contributed by atoms with Crippen LogP contribution in [-0.4, -0.2) is 19.8 Å². The Morgan fingerprint density at radius 2 is 2.19 bits per heavy atom. The molecule has 0 saturated heterocycles. The molecule has 4 nitrogen and oxygen atoms in total. The highest BCUT2D eigenvalue weighted by Gasteiger charge is 2.19. The molecule has 0 aliphatic carbocycles. The molecule has 0 aromatic heterocycles. The first-order chi connectivity index (χ1) is 7.74. The van der Waals surface area contributed by atoms with Gasteiger partial charge < -0.3 is 14.3 Å². The number of rotatable bonds is 3. The zero-order valence-electron chi connectivity index (χ0n) is 9.09. The highest BCUT2D eigenvalue weighted by atomic mass is 79.9. The Bertz CT molecular complexity index is 395. The summed E-state index contributed by atoms with van der Waals surface area (Å²) in [7, 11) is 0. The van der Waals surface area contributed by atoms with Crippen molar-refractivity contribution >= 4 is 15.9 Å². The number of benzene rings is 1. The topological polar surface area (TPSA) is 53.7 Å². The van der Waals surface area contributed by atoms with Gasteiger partial charge in [-0.05, 0) is 18.6 Å². The lowest BCUT2D eigenvalue weighted by Crippen LogP contribution is -2.18. The van der Waals surface area contributed by atoms with Crippen LogP contribution in [0.2, 0.25) is 0 Å². The third-order valence-corrected chi connectivity index (χ3v) is 3.45. The van der Waals surface area contributed by atoms with Crippen LogP contribution in [0.4, 0.5) is 0 Å². The van der Waals surface area contributed by atoms with Gasteiger partial charge in [0.15, 0.2) is 11.5 Å². The standard InChI is InChI=1S/C11H14BrNO3/c1-7-8(2-3-16-13)11-10(6-9(7)12)14-4-5-15-11/h6H,2-5,13H2,1H3. The van der Waals surface area contributed by atoms with Gasteiger partial charge in [0.2, 0.25) is 0 Å². The lowest BCUT2D eigenvalue weighted by molar-refractivity contribution is 0.137. The second-order valence-corrected chi connectivity index (χ2v) is 4.46. The Labute approximate surface area is 103 Å². The molecule has 0 radical (unpaired) electrons. The SMILES string of the molecule is Cc1c(Br)cc2c(c1CCON)OCCO2. The lowest BCUT2D eigenvalue weighted by Gasteiger charge is -2.23. The monoisotopic (exact) mass is 287 g/mol. The zero-order chi connectivity index (χ0) is 11.5. The van der Waals surface area contributed by atoms with Crippen LogP contribution in [0.5, 0.6) is 11.5 Å². The number of fused-ring (bicyclic) bond motifs is 1. The molecule has 0 unspecified atom stereocenters. The van der Waals surface area contributed by atoms with E-state index in [4.69, 9.17) is 15.4 Å². The minimum atomic E-state index is 0.465. The fraction of sp³-hybridized carbons (Fsp3) is 0.455. The first-order valence-electron chi connectivity index (χ1n) is 5.13. The zero-order valence-corrected chi connectivity index (χ0v) is 10.7. The molecular weight excluding hydrogens is 274 g/mol. The number of hydrogen-bond donors (Lipinski definition) is 1. The average molecular weight is 288 g/mol. The van der Waals surface area contributed by atoms with Crippen LogP contribution >= 0.6 is 15.9 Å². The van der Waals surface area contributed by atoms with Crippen molar-refractivity contribution < 1.29 is 14.3 Å². The molecule has 0 amide bonds. The van der Waals surface area contributed by atoms with Crippen LogP contribution in [0.1, 0.15) is 11.1 Å². The van der Waals surface area contributed by atoms with Crippen molar-refractivity contribution in [3.63, 3.8) is 0 Å². The van der Waals surface area contributed by atoms with Crippen molar-refractivity contribution in [2.24, 2.45) is 5.90 Å². The smallest absolute Gasteiger partial charge is 0.164 e. The second kappa shape index (κ2) is 5.03. The summed E-state index contributed by atoms with van der Waals surface area (Å²) in [6.07, 6.45) is 0.716. The van der Waals surface area contributed by atoms with Gasteiger partial charge >= 0.3 is 0 Å². The molecule has 0 atom stereocenters. The normalized spacial score (nSPS) is 13.9. The van der Waals surface area contributed by atoms with Crippen LogP contribution < -0.4 is 15.4 Å². The van der Waals surface area contributed by atoms with Gasteiger partial charge in [0.25, 0.3) is 0 Å². The highest BCUT2D eigenvalue weighted by molar-refractivity contribution is 9.10. The van der Waals surface area contributed by atoms with Crippen LogP contribution in [0.25, 0.3) is 0 Å². The molecule has 1 aromatic rings. The molecule has 1 aliphatic heterocycles. The Balaban J connectivity index is 2.41. The van der Waals surface area contributed by atoms with Gasteiger partial charge in [-0.2, -0.15) is 0 Å². The first kappa shape index (κ1) is 11.7. The predicted octanol–water partition coefficient (Wildman–Crippen LogP) is 1.96. The minimum Gasteiger partial charge on any atom is -0.486 e. The van der Waals surface area contributed by atoms with E-state index in [9.17, 15) is 0 Å². The van der Waals surface area contributed by atoms with E-state index in [1.54, 1.807) is 0 Å². The fourth-order valence-electron chi connectivity index (χ4n) is 1.77. The quantitative estimate of drug-likeness (QED) is 0.864. The second-order valence-electron chi connectivity index (χ2n) is 3.61. The summed E-state index contributed by atoms with van der Waals surface area (Å²) in [6, 6.07) is 1.94. The molecule has 16 heavy (non-hydrogen) atoms. The third kappa shape index (κ3) is 2.16. The molecule has 2 rings (SSSR count). The van der Waals surface area contributed by atoms with E-state index in [2.05, 4.69) is 20.8 Å². The average Bonchev–Trinajstić information content (AvgIpc) is 2.30. The van der Waals surface area contributed by atoms with Crippen molar-refractivity contribution in [2.75, 3.05) is 19.8 Å². The molecule has 1 aromatic carbocycles. The van der Waals surface area contributed by atoms with Crippen LogP contribution in [-0.2, 0) is 11.3 Å². The summed E-state index contributed by atoms with van der Waals surface area (Å²) in [5, 5.41) is 0. The Morgan fingerprint density at radius 1 is 1.44 bits per heavy atom. The molecule has 0 bridgehead atoms. The van der Waals surface area contributed by atoms with Gasteiger partial charge in [-0.15, -0.1) is 0 Å².